The number of hydrogen-bond acceptors (Lipinski definition) is 6. The Morgan fingerprint density at radius 1 is 1.36 bits per heavy atom. The molecule has 6 nitrogen and oxygen atoms in total. The molecule has 25 heavy (non-hydrogen) atoms. The summed E-state index contributed by atoms with van der Waals surface area (Å²) < 4.78 is 6.24. The first kappa shape index (κ1) is 16.5. The van der Waals surface area contributed by atoms with Gasteiger partial charge in [0.15, 0.2) is 5.60 Å². The Morgan fingerprint density at radius 2 is 2.20 bits per heavy atom. The SMILES string of the molecule is CN1C[C@@]2(CN(Cc3cncs3)CC[C@@H]2O)OC1=Nc1ccccc1. The smallest absolute Gasteiger partial charge is 0.293 e. The van der Waals surface area contributed by atoms with Crippen LogP contribution in [-0.4, -0.2) is 64.3 Å². The molecule has 0 saturated carbocycles. The molecule has 0 aliphatic carbocycles. The van der Waals surface area contributed by atoms with Crippen molar-refractivity contribution in [1.82, 2.24) is 14.8 Å². The Labute approximate surface area is 151 Å². The van der Waals surface area contributed by atoms with Crippen LogP contribution in [-0.2, 0) is 11.3 Å². The van der Waals surface area contributed by atoms with Crippen LogP contribution in [0.4, 0.5) is 5.69 Å². The number of aromatic nitrogens is 1. The number of likely N-dealkylation sites (tertiary alicyclic amines) is 1. The van der Waals surface area contributed by atoms with Crippen LogP contribution in [0, 0.1) is 0 Å². The van der Waals surface area contributed by atoms with Crippen LogP contribution in [0.5, 0.6) is 0 Å². The van der Waals surface area contributed by atoms with Crippen molar-refractivity contribution in [2.24, 2.45) is 4.99 Å². The van der Waals surface area contributed by atoms with Crippen LogP contribution in [0.2, 0.25) is 0 Å². The van der Waals surface area contributed by atoms with E-state index in [-0.39, 0.29) is 0 Å². The van der Waals surface area contributed by atoms with Crippen LogP contribution in [0.3, 0.4) is 0 Å². The number of thiazole rings is 1. The largest absolute Gasteiger partial charge is 0.452 e. The second kappa shape index (κ2) is 6.74. The van der Waals surface area contributed by atoms with E-state index in [2.05, 4.69) is 14.9 Å². The van der Waals surface area contributed by atoms with Crippen molar-refractivity contribution in [3.05, 3.63) is 46.9 Å². The average molecular weight is 358 g/mol. The fourth-order valence-electron chi connectivity index (χ4n) is 3.54. The summed E-state index contributed by atoms with van der Waals surface area (Å²) in [5.74, 6) is 0. The van der Waals surface area contributed by atoms with Gasteiger partial charge in [0.1, 0.15) is 0 Å². The van der Waals surface area contributed by atoms with Gasteiger partial charge < -0.3 is 14.7 Å². The Bertz CT molecular complexity index is 737. The summed E-state index contributed by atoms with van der Waals surface area (Å²) in [6.45, 7) is 3.03. The van der Waals surface area contributed by atoms with Gasteiger partial charge in [-0.15, -0.1) is 11.3 Å². The van der Waals surface area contributed by atoms with E-state index in [1.165, 1.54) is 4.88 Å². The van der Waals surface area contributed by atoms with Gasteiger partial charge in [0.2, 0.25) is 0 Å². The number of likely N-dealkylation sites (N-methyl/N-ethyl adjacent to an activating group) is 1. The van der Waals surface area contributed by atoms with E-state index in [9.17, 15) is 5.11 Å². The molecule has 3 heterocycles. The predicted molar refractivity (Wildman–Crippen MR) is 98.0 cm³/mol. The third-order valence-electron chi connectivity index (χ3n) is 4.79. The summed E-state index contributed by atoms with van der Waals surface area (Å²) in [6, 6.07) is 10.3. The number of rotatable bonds is 3. The molecular weight excluding hydrogens is 336 g/mol. The number of amidine groups is 1. The first-order chi connectivity index (χ1) is 12.1. The van der Waals surface area contributed by atoms with Crippen molar-refractivity contribution < 1.29 is 9.84 Å². The maximum absolute atomic E-state index is 10.7. The minimum atomic E-state index is -0.620. The van der Waals surface area contributed by atoms with Gasteiger partial charge in [0.05, 0.1) is 23.8 Å². The Hall–Kier alpha value is -1.96. The van der Waals surface area contributed by atoms with Gasteiger partial charge >= 0.3 is 0 Å². The zero-order valence-corrected chi connectivity index (χ0v) is 15.0. The van der Waals surface area contributed by atoms with Crippen molar-refractivity contribution in [3.8, 4) is 0 Å². The maximum atomic E-state index is 10.7. The molecule has 0 radical (unpaired) electrons. The van der Waals surface area contributed by atoms with Crippen LogP contribution in [0.15, 0.2) is 47.0 Å². The summed E-state index contributed by atoms with van der Waals surface area (Å²) in [4.78, 5) is 14.3. The lowest BCUT2D eigenvalue weighted by Crippen LogP contribution is -2.58. The predicted octanol–water partition coefficient (Wildman–Crippen LogP) is 2.10. The van der Waals surface area contributed by atoms with Gasteiger partial charge in [-0.3, -0.25) is 9.88 Å². The Morgan fingerprint density at radius 3 is 2.96 bits per heavy atom. The second-order valence-electron chi connectivity index (χ2n) is 6.74. The highest BCUT2D eigenvalue weighted by Gasteiger charge is 2.51. The molecule has 2 atom stereocenters. The standard InChI is InChI=1S/C18H22N4O2S/c1-21-11-18(24-17(21)20-14-5-3-2-4-6-14)12-22(8-7-16(18)23)10-15-9-19-13-25-15/h2-6,9,13,16,23H,7-8,10-12H2,1H3/t16-,18-/m0/s1. The first-order valence-electron chi connectivity index (χ1n) is 8.46. The summed E-state index contributed by atoms with van der Waals surface area (Å²) in [5.41, 5.74) is 2.09. The maximum Gasteiger partial charge on any atom is 0.293 e. The minimum Gasteiger partial charge on any atom is -0.452 e. The van der Waals surface area contributed by atoms with E-state index < -0.39 is 11.7 Å². The molecule has 1 N–H and O–H groups in total. The zero-order valence-electron chi connectivity index (χ0n) is 14.2. The molecule has 2 aromatic rings. The Balaban J connectivity index is 1.52. The molecule has 0 amide bonds. The molecule has 2 aliphatic heterocycles. The zero-order chi connectivity index (χ0) is 17.3. The average Bonchev–Trinajstić information content (AvgIpc) is 3.21. The number of para-hydroxylation sites is 1. The highest BCUT2D eigenvalue weighted by atomic mass is 32.1. The molecule has 1 spiro atoms. The fraction of sp³-hybridized carbons (Fsp3) is 0.444. The lowest BCUT2D eigenvalue weighted by atomic mass is 9.89. The van der Waals surface area contributed by atoms with Crippen molar-refractivity contribution >= 4 is 23.0 Å². The van der Waals surface area contributed by atoms with Crippen molar-refractivity contribution in [3.63, 3.8) is 0 Å². The summed E-state index contributed by atoms with van der Waals surface area (Å²) in [5, 5.41) is 10.7. The van der Waals surface area contributed by atoms with Crippen LogP contribution in [0.25, 0.3) is 0 Å². The second-order valence-corrected chi connectivity index (χ2v) is 7.71. The molecule has 2 aliphatic rings. The highest BCUT2D eigenvalue weighted by Crippen LogP contribution is 2.33. The van der Waals surface area contributed by atoms with Crippen molar-refractivity contribution in [2.45, 2.75) is 24.7 Å². The number of ether oxygens (including phenoxy) is 1. The molecule has 4 rings (SSSR count). The molecule has 132 valence electrons. The van der Waals surface area contributed by atoms with E-state index in [0.29, 0.717) is 25.5 Å². The number of aliphatic hydroxyl groups excluding tert-OH is 1. The normalized spacial score (nSPS) is 28.6. The van der Waals surface area contributed by atoms with E-state index in [0.717, 1.165) is 18.8 Å². The number of aliphatic hydroxyl groups is 1. The van der Waals surface area contributed by atoms with Crippen LogP contribution >= 0.6 is 11.3 Å². The van der Waals surface area contributed by atoms with Gasteiger partial charge in [0, 0.05) is 37.8 Å². The number of hydrogen-bond donors (Lipinski definition) is 1. The Kier molecular flexibility index (Phi) is 4.45. The van der Waals surface area contributed by atoms with Gasteiger partial charge in [-0.1, -0.05) is 18.2 Å². The molecule has 0 unspecified atom stereocenters. The molecule has 2 fully saturated rings. The van der Waals surface area contributed by atoms with Gasteiger partial charge in [-0.25, -0.2) is 0 Å². The monoisotopic (exact) mass is 358 g/mol. The van der Waals surface area contributed by atoms with E-state index >= 15 is 0 Å². The topological polar surface area (TPSA) is 61.2 Å². The number of nitrogens with zero attached hydrogens (tertiary/aromatic N) is 4. The molecule has 1 aromatic carbocycles. The molecule has 7 heteroatoms. The molecule has 1 aromatic heterocycles. The van der Waals surface area contributed by atoms with Gasteiger partial charge in [-0.2, -0.15) is 4.99 Å². The van der Waals surface area contributed by atoms with Crippen LogP contribution < -0.4 is 0 Å². The fourth-order valence-corrected chi connectivity index (χ4v) is 4.18. The third kappa shape index (κ3) is 3.40. The number of aliphatic imine (C=N–C) groups is 1. The lowest BCUT2D eigenvalue weighted by molar-refractivity contribution is -0.0950. The summed E-state index contributed by atoms with van der Waals surface area (Å²) >= 11 is 1.66. The third-order valence-corrected chi connectivity index (χ3v) is 5.55. The van der Waals surface area contributed by atoms with Gasteiger partial charge in [-0.05, 0) is 18.6 Å². The molecular formula is C18H22N4O2S. The van der Waals surface area contributed by atoms with Crippen molar-refractivity contribution in [1.29, 1.82) is 0 Å². The highest BCUT2D eigenvalue weighted by molar-refractivity contribution is 7.09. The quantitative estimate of drug-likeness (QED) is 0.910. The molecule has 0 bridgehead atoms. The first-order valence-corrected chi connectivity index (χ1v) is 9.34. The summed E-state index contributed by atoms with van der Waals surface area (Å²) in [7, 11) is 1.96. The van der Waals surface area contributed by atoms with Crippen molar-refractivity contribution in [2.75, 3.05) is 26.7 Å². The number of piperidine rings is 1. The van der Waals surface area contributed by atoms with Crippen LogP contribution in [0.1, 0.15) is 11.3 Å². The van der Waals surface area contributed by atoms with E-state index in [4.69, 9.17) is 4.74 Å². The van der Waals surface area contributed by atoms with E-state index in [1.54, 1.807) is 11.3 Å². The van der Waals surface area contributed by atoms with E-state index in [1.807, 2.05) is 54.0 Å². The minimum absolute atomic E-state index is 0.490. The molecule has 2 saturated heterocycles. The number of benzene rings is 1. The lowest BCUT2D eigenvalue weighted by Gasteiger charge is -2.41. The van der Waals surface area contributed by atoms with Gasteiger partial charge in [0.25, 0.3) is 6.02 Å². The summed E-state index contributed by atoms with van der Waals surface area (Å²) in [6.07, 6.45) is 2.12.